The molecular formula is C16H20N4OS2. The number of thiophene rings is 1. The molecule has 3 heterocycles. The molecule has 0 unspecified atom stereocenters. The van der Waals surface area contributed by atoms with Gasteiger partial charge in [-0.3, -0.25) is 9.89 Å². The minimum absolute atomic E-state index is 0.0891. The van der Waals surface area contributed by atoms with E-state index >= 15 is 0 Å². The summed E-state index contributed by atoms with van der Waals surface area (Å²) in [5.74, 6) is 1.48. The molecule has 7 heteroatoms. The SMILES string of the molecule is CCn1c(C2CCN(C(=O)C=Cc3cccs3)CC2)n[nH]c1=S. The van der Waals surface area contributed by atoms with Crippen LogP contribution in [0.15, 0.2) is 23.6 Å². The van der Waals surface area contributed by atoms with E-state index in [2.05, 4.69) is 17.1 Å². The molecule has 0 saturated carbocycles. The predicted molar refractivity (Wildman–Crippen MR) is 95.0 cm³/mol. The summed E-state index contributed by atoms with van der Waals surface area (Å²) < 4.78 is 2.73. The molecule has 2 aromatic heterocycles. The largest absolute Gasteiger partial charge is 0.339 e. The van der Waals surface area contributed by atoms with Gasteiger partial charge in [0.1, 0.15) is 5.82 Å². The number of piperidine rings is 1. The number of hydrogen-bond acceptors (Lipinski definition) is 4. The molecule has 1 N–H and O–H groups in total. The fourth-order valence-corrected chi connectivity index (χ4v) is 3.84. The number of H-pyrrole nitrogens is 1. The predicted octanol–water partition coefficient (Wildman–Crippen LogP) is 3.44. The normalized spacial score (nSPS) is 16.3. The van der Waals surface area contributed by atoms with Crippen molar-refractivity contribution in [2.24, 2.45) is 0 Å². The van der Waals surface area contributed by atoms with Crippen LogP contribution in [0.2, 0.25) is 0 Å². The van der Waals surface area contributed by atoms with Crippen LogP contribution in [0, 0.1) is 4.77 Å². The summed E-state index contributed by atoms with van der Waals surface area (Å²) in [6, 6.07) is 3.99. The summed E-state index contributed by atoms with van der Waals surface area (Å²) in [5.41, 5.74) is 0. The van der Waals surface area contributed by atoms with E-state index in [0.29, 0.717) is 10.7 Å². The molecule has 122 valence electrons. The van der Waals surface area contributed by atoms with Crippen LogP contribution in [-0.2, 0) is 11.3 Å². The maximum absolute atomic E-state index is 12.3. The van der Waals surface area contributed by atoms with Gasteiger partial charge in [-0.15, -0.1) is 11.3 Å². The number of carbonyl (C=O) groups excluding carboxylic acids is 1. The molecule has 0 atom stereocenters. The Morgan fingerprint density at radius 2 is 2.30 bits per heavy atom. The molecule has 1 saturated heterocycles. The molecule has 3 rings (SSSR count). The number of nitrogens with zero attached hydrogens (tertiary/aromatic N) is 3. The van der Waals surface area contributed by atoms with Gasteiger partial charge in [0.05, 0.1) is 0 Å². The van der Waals surface area contributed by atoms with Crippen molar-refractivity contribution in [3.05, 3.63) is 39.1 Å². The van der Waals surface area contributed by atoms with Crippen molar-refractivity contribution in [3.63, 3.8) is 0 Å². The molecular weight excluding hydrogens is 328 g/mol. The third-order valence-electron chi connectivity index (χ3n) is 4.21. The maximum Gasteiger partial charge on any atom is 0.246 e. The first kappa shape index (κ1) is 16.1. The Balaban J connectivity index is 1.60. The highest BCUT2D eigenvalue weighted by Gasteiger charge is 2.26. The quantitative estimate of drug-likeness (QED) is 0.680. The summed E-state index contributed by atoms with van der Waals surface area (Å²) in [6.07, 6.45) is 5.42. The molecule has 0 aromatic carbocycles. The van der Waals surface area contributed by atoms with Crippen LogP contribution in [0.3, 0.4) is 0 Å². The van der Waals surface area contributed by atoms with E-state index < -0.39 is 0 Å². The second kappa shape index (κ2) is 7.23. The van der Waals surface area contributed by atoms with Gasteiger partial charge in [-0.1, -0.05) is 6.07 Å². The summed E-state index contributed by atoms with van der Waals surface area (Å²) >= 11 is 6.89. The number of amides is 1. The number of likely N-dealkylation sites (tertiary alicyclic amines) is 1. The van der Waals surface area contributed by atoms with Gasteiger partial charge in [-0.05, 0) is 49.5 Å². The zero-order valence-electron chi connectivity index (χ0n) is 13.1. The molecule has 0 spiro atoms. The lowest BCUT2D eigenvalue weighted by Crippen LogP contribution is -2.37. The van der Waals surface area contributed by atoms with E-state index in [1.54, 1.807) is 17.4 Å². The average Bonchev–Trinajstić information content (AvgIpc) is 3.22. The van der Waals surface area contributed by atoms with Gasteiger partial charge in [0.2, 0.25) is 5.91 Å². The van der Waals surface area contributed by atoms with Gasteiger partial charge in [0.15, 0.2) is 4.77 Å². The Morgan fingerprint density at radius 1 is 1.52 bits per heavy atom. The van der Waals surface area contributed by atoms with E-state index in [0.717, 1.165) is 43.2 Å². The smallest absolute Gasteiger partial charge is 0.246 e. The average molecular weight is 348 g/mol. The molecule has 5 nitrogen and oxygen atoms in total. The van der Waals surface area contributed by atoms with Crippen molar-refractivity contribution in [1.29, 1.82) is 0 Å². The second-order valence-electron chi connectivity index (χ2n) is 5.58. The molecule has 0 aliphatic carbocycles. The van der Waals surface area contributed by atoms with Crippen molar-refractivity contribution in [1.82, 2.24) is 19.7 Å². The van der Waals surface area contributed by atoms with E-state index in [1.807, 2.05) is 33.1 Å². The highest BCUT2D eigenvalue weighted by atomic mass is 32.1. The van der Waals surface area contributed by atoms with Crippen LogP contribution >= 0.6 is 23.6 Å². The van der Waals surface area contributed by atoms with Gasteiger partial charge >= 0.3 is 0 Å². The van der Waals surface area contributed by atoms with Gasteiger partial charge in [-0.25, -0.2) is 0 Å². The van der Waals surface area contributed by atoms with Crippen LogP contribution < -0.4 is 0 Å². The zero-order chi connectivity index (χ0) is 16.2. The topological polar surface area (TPSA) is 53.9 Å². The maximum atomic E-state index is 12.3. The molecule has 0 radical (unpaired) electrons. The Morgan fingerprint density at radius 3 is 2.96 bits per heavy atom. The monoisotopic (exact) mass is 348 g/mol. The standard InChI is InChI=1S/C16H20N4OS2/c1-2-20-15(17-18-16(20)22)12-7-9-19(10-8-12)14(21)6-5-13-4-3-11-23-13/h3-6,11-12H,2,7-10H2,1H3,(H,18,22). The number of carbonyl (C=O) groups is 1. The van der Waals surface area contributed by atoms with Crippen molar-refractivity contribution in [2.75, 3.05) is 13.1 Å². The molecule has 1 amide bonds. The third kappa shape index (κ3) is 3.61. The molecule has 0 bridgehead atoms. The Labute approximate surface area is 144 Å². The highest BCUT2D eigenvalue weighted by molar-refractivity contribution is 7.71. The number of hydrogen-bond donors (Lipinski definition) is 1. The zero-order valence-corrected chi connectivity index (χ0v) is 14.7. The van der Waals surface area contributed by atoms with E-state index in [9.17, 15) is 4.79 Å². The minimum atomic E-state index is 0.0891. The number of aromatic amines is 1. The molecule has 1 aliphatic heterocycles. The van der Waals surface area contributed by atoms with Gasteiger partial charge in [-0.2, -0.15) is 5.10 Å². The van der Waals surface area contributed by atoms with Gasteiger partial charge in [0.25, 0.3) is 0 Å². The van der Waals surface area contributed by atoms with Crippen molar-refractivity contribution in [3.8, 4) is 0 Å². The molecule has 1 fully saturated rings. The van der Waals surface area contributed by atoms with Crippen LogP contribution in [0.1, 0.15) is 36.4 Å². The molecule has 2 aromatic rings. The number of rotatable bonds is 4. The van der Waals surface area contributed by atoms with Gasteiger partial charge < -0.3 is 9.47 Å². The van der Waals surface area contributed by atoms with E-state index in [4.69, 9.17) is 12.2 Å². The van der Waals surface area contributed by atoms with Crippen LogP contribution in [0.5, 0.6) is 0 Å². The number of nitrogens with one attached hydrogen (secondary N) is 1. The Kier molecular flexibility index (Phi) is 5.07. The third-order valence-corrected chi connectivity index (χ3v) is 5.36. The summed E-state index contributed by atoms with van der Waals surface area (Å²) in [5, 5.41) is 9.27. The number of aromatic nitrogens is 3. The fraction of sp³-hybridized carbons (Fsp3) is 0.438. The lowest BCUT2D eigenvalue weighted by atomic mass is 9.96. The Bertz CT molecular complexity index is 736. The molecule has 23 heavy (non-hydrogen) atoms. The van der Waals surface area contributed by atoms with Crippen molar-refractivity contribution < 1.29 is 4.79 Å². The van der Waals surface area contributed by atoms with Crippen LogP contribution in [0.25, 0.3) is 6.08 Å². The van der Waals surface area contributed by atoms with E-state index in [-0.39, 0.29) is 5.91 Å². The van der Waals surface area contributed by atoms with Crippen molar-refractivity contribution in [2.45, 2.75) is 32.2 Å². The van der Waals surface area contributed by atoms with Crippen LogP contribution in [-0.4, -0.2) is 38.7 Å². The van der Waals surface area contributed by atoms with Crippen molar-refractivity contribution >= 4 is 35.5 Å². The molecule has 1 aliphatic rings. The lowest BCUT2D eigenvalue weighted by Gasteiger charge is -2.30. The van der Waals surface area contributed by atoms with Gasteiger partial charge in [0, 0.05) is 36.5 Å². The summed E-state index contributed by atoms with van der Waals surface area (Å²) in [7, 11) is 0. The highest BCUT2D eigenvalue weighted by Crippen LogP contribution is 2.27. The van der Waals surface area contributed by atoms with E-state index in [1.165, 1.54) is 0 Å². The fourth-order valence-electron chi connectivity index (χ4n) is 2.95. The first-order valence-electron chi connectivity index (χ1n) is 7.84. The first-order valence-corrected chi connectivity index (χ1v) is 9.13. The van der Waals surface area contributed by atoms with Crippen LogP contribution in [0.4, 0.5) is 0 Å². The second-order valence-corrected chi connectivity index (χ2v) is 6.95. The summed E-state index contributed by atoms with van der Waals surface area (Å²) in [4.78, 5) is 15.3. The lowest BCUT2D eigenvalue weighted by molar-refractivity contribution is -0.127. The minimum Gasteiger partial charge on any atom is -0.339 e. The first-order chi connectivity index (χ1) is 11.2. The summed E-state index contributed by atoms with van der Waals surface area (Å²) in [6.45, 7) is 4.43. The Hall–Kier alpha value is -1.73.